The lowest BCUT2D eigenvalue weighted by atomic mass is 10.2. The Bertz CT molecular complexity index is 328. The summed E-state index contributed by atoms with van der Waals surface area (Å²) >= 11 is 9.33. The van der Waals surface area contributed by atoms with E-state index < -0.39 is 0 Å². The molecule has 0 aliphatic carbocycles. The van der Waals surface area contributed by atoms with E-state index in [1.807, 2.05) is 18.2 Å². The van der Waals surface area contributed by atoms with Crippen molar-refractivity contribution < 1.29 is 4.74 Å². The molecule has 1 aromatic carbocycles. The highest BCUT2D eigenvalue weighted by atomic mass is 79.9. The summed E-state index contributed by atoms with van der Waals surface area (Å²) < 4.78 is 6.13. The van der Waals surface area contributed by atoms with Crippen molar-refractivity contribution in [1.29, 1.82) is 0 Å². The predicted molar refractivity (Wildman–Crippen MR) is 60.6 cm³/mol. The molecule has 0 spiro atoms. The van der Waals surface area contributed by atoms with Crippen LogP contribution in [0.15, 0.2) is 22.7 Å². The quantitative estimate of drug-likeness (QED) is 0.916. The van der Waals surface area contributed by atoms with Crippen molar-refractivity contribution in [1.82, 2.24) is 5.32 Å². The van der Waals surface area contributed by atoms with Gasteiger partial charge in [-0.2, -0.15) is 0 Å². The molecule has 0 bridgehead atoms. The molecule has 4 heteroatoms. The van der Waals surface area contributed by atoms with Gasteiger partial charge in [0.2, 0.25) is 0 Å². The monoisotopic (exact) mass is 275 g/mol. The van der Waals surface area contributed by atoms with E-state index >= 15 is 0 Å². The maximum Gasteiger partial charge on any atom is 0.0643 e. The fourth-order valence-corrected chi connectivity index (χ4v) is 2.10. The second-order valence-electron chi connectivity index (χ2n) is 3.35. The summed E-state index contributed by atoms with van der Waals surface area (Å²) in [4.78, 5) is 0. The Morgan fingerprint density at radius 3 is 2.86 bits per heavy atom. The van der Waals surface area contributed by atoms with Gasteiger partial charge in [-0.3, -0.25) is 0 Å². The molecule has 0 radical (unpaired) electrons. The van der Waals surface area contributed by atoms with Gasteiger partial charge in [0.1, 0.15) is 0 Å². The number of halogens is 2. The molecule has 2 nitrogen and oxygen atoms in total. The Morgan fingerprint density at radius 1 is 1.50 bits per heavy atom. The van der Waals surface area contributed by atoms with Gasteiger partial charge in [-0.05, 0) is 17.7 Å². The van der Waals surface area contributed by atoms with Crippen LogP contribution in [0.1, 0.15) is 5.56 Å². The smallest absolute Gasteiger partial charge is 0.0643 e. The van der Waals surface area contributed by atoms with E-state index in [1.165, 1.54) is 5.56 Å². The van der Waals surface area contributed by atoms with Crippen LogP contribution in [0.2, 0.25) is 5.02 Å². The van der Waals surface area contributed by atoms with Crippen LogP contribution in [-0.4, -0.2) is 19.3 Å². The van der Waals surface area contributed by atoms with E-state index in [4.69, 9.17) is 16.3 Å². The Balaban J connectivity index is 1.94. The molecule has 1 heterocycles. The second-order valence-corrected chi connectivity index (χ2v) is 4.64. The maximum absolute atomic E-state index is 5.85. The largest absolute Gasteiger partial charge is 0.378 e. The van der Waals surface area contributed by atoms with Crippen molar-refractivity contribution in [2.75, 3.05) is 13.2 Å². The van der Waals surface area contributed by atoms with Crippen LogP contribution in [0.5, 0.6) is 0 Å². The van der Waals surface area contributed by atoms with Gasteiger partial charge in [-0.25, -0.2) is 0 Å². The van der Waals surface area contributed by atoms with Crippen molar-refractivity contribution in [2.24, 2.45) is 0 Å². The van der Waals surface area contributed by atoms with Crippen molar-refractivity contribution in [2.45, 2.75) is 12.6 Å². The van der Waals surface area contributed by atoms with Crippen LogP contribution < -0.4 is 5.32 Å². The molecular formula is C10H11BrClNO. The number of nitrogens with one attached hydrogen (secondary N) is 1. The van der Waals surface area contributed by atoms with Crippen molar-refractivity contribution >= 4 is 27.5 Å². The van der Waals surface area contributed by atoms with Gasteiger partial charge in [0.25, 0.3) is 0 Å². The third kappa shape index (κ3) is 2.48. The highest BCUT2D eigenvalue weighted by Gasteiger charge is 2.17. The van der Waals surface area contributed by atoms with Crippen LogP contribution in [0, 0.1) is 0 Å². The first-order chi connectivity index (χ1) is 6.75. The number of benzene rings is 1. The standard InChI is InChI=1S/C10H11BrClNO/c11-10-3-8(12)2-1-7(10)4-13-9-5-14-6-9/h1-3,9,13H,4-6H2. The molecule has 0 amide bonds. The zero-order valence-electron chi connectivity index (χ0n) is 7.59. The minimum absolute atomic E-state index is 0.512. The average molecular weight is 277 g/mol. The van der Waals surface area contributed by atoms with E-state index in [1.54, 1.807) is 0 Å². The summed E-state index contributed by atoms with van der Waals surface area (Å²) in [5.41, 5.74) is 1.22. The Kier molecular flexibility index (Phi) is 3.44. The summed E-state index contributed by atoms with van der Waals surface area (Å²) in [6, 6.07) is 6.35. The van der Waals surface area contributed by atoms with Crippen molar-refractivity contribution in [3.8, 4) is 0 Å². The Labute approximate surface area is 96.7 Å². The average Bonchev–Trinajstić information content (AvgIpc) is 2.05. The second kappa shape index (κ2) is 4.62. The molecule has 1 N–H and O–H groups in total. The lowest BCUT2D eigenvalue weighted by molar-refractivity contribution is -0.00580. The molecule has 1 aromatic rings. The first-order valence-corrected chi connectivity index (χ1v) is 5.68. The molecule has 1 fully saturated rings. The maximum atomic E-state index is 5.85. The molecule has 1 aliphatic rings. The molecular weight excluding hydrogens is 265 g/mol. The van der Waals surface area contributed by atoms with E-state index in [0.717, 1.165) is 29.3 Å². The van der Waals surface area contributed by atoms with Crippen LogP contribution in [-0.2, 0) is 11.3 Å². The Hall–Kier alpha value is -0.0900. The minimum atomic E-state index is 0.512. The zero-order chi connectivity index (χ0) is 9.97. The molecule has 2 rings (SSSR count). The fourth-order valence-electron chi connectivity index (χ4n) is 1.27. The van der Waals surface area contributed by atoms with Crippen LogP contribution in [0.4, 0.5) is 0 Å². The van der Waals surface area contributed by atoms with Gasteiger partial charge in [-0.1, -0.05) is 33.6 Å². The lowest BCUT2D eigenvalue weighted by Gasteiger charge is -2.27. The molecule has 76 valence electrons. The number of rotatable bonds is 3. The molecule has 0 aromatic heterocycles. The normalized spacial score (nSPS) is 16.7. The lowest BCUT2D eigenvalue weighted by Crippen LogP contribution is -2.45. The number of ether oxygens (including phenoxy) is 1. The topological polar surface area (TPSA) is 21.3 Å². The van der Waals surface area contributed by atoms with Gasteiger partial charge in [0.05, 0.1) is 19.3 Å². The number of hydrogen-bond acceptors (Lipinski definition) is 2. The van der Waals surface area contributed by atoms with Gasteiger partial charge >= 0.3 is 0 Å². The van der Waals surface area contributed by atoms with Crippen LogP contribution in [0.3, 0.4) is 0 Å². The zero-order valence-corrected chi connectivity index (χ0v) is 9.94. The molecule has 14 heavy (non-hydrogen) atoms. The SMILES string of the molecule is Clc1ccc(CNC2COC2)c(Br)c1. The van der Waals surface area contributed by atoms with E-state index in [-0.39, 0.29) is 0 Å². The first-order valence-electron chi connectivity index (χ1n) is 4.51. The van der Waals surface area contributed by atoms with Gasteiger partial charge in [0.15, 0.2) is 0 Å². The summed E-state index contributed by atoms with van der Waals surface area (Å²) in [6.45, 7) is 2.50. The minimum Gasteiger partial charge on any atom is -0.378 e. The Morgan fingerprint density at radius 2 is 2.29 bits per heavy atom. The van der Waals surface area contributed by atoms with Crippen molar-refractivity contribution in [3.05, 3.63) is 33.3 Å². The molecule has 1 aliphatic heterocycles. The van der Waals surface area contributed by atoms with Crippen molar-refractivity contribution in [3.63, 3.8) is 0 Å². The molecule has 0 saturated carbocycles. The van der Waals surface area contributed by atoms with Crippen LogP contribution >= 0.6 is 27.5 Å². The molecule has 0 unspecified atom stereocenters. The predicted octanol–water partition coefficient (Wildman–Crippen LogP) is 2.59. The summed E-state index contributed by atoms with van der Waals surface area (Å²) in [6.07, 6.45) is 0. The van der Waals surface area contributed by atoms with E-state index in [2.05, 4.69) is 21.2 Å². The highest BCUT2D eigenvalue weighted by Crippen LogP contribution is 2.21. The third-order valence-corrected chi connectivity index (χ3v) is 3.21. The van der Waals surface area contributed by atoms with Gasteiger partial charge < -0.3 is 10.1 Å². The first kappa shape index (κ1) is 10.4. The van der Waals surface area contributed by atoms with Gasteiger partial charge in [-0.15, -0.1) is 0 Å². The van der Waals surface area contributed by atoms with Crippen LogP contribution in [0.25, 0.3) is 0 Å². The fraction of sp³-hybridized carbons (Fsp3) is 0.400. The van der Waals surface area contributed by atoms with E-state index in [9.17, 15) is 0 Å². The summed E-state index contributed by atoms with van der Waals surface area (Å²) in [5.74, 6) is 0. The number of hydrogen-bond donors (Lipinski definition) is 1. The molecule has 1 saturated heterocycles. The third-order valence-electron chi connectivity index (χ3n) is 2.23. The van der Waals surface area contributed by atoms with E-state index in [0.29, 0.717) is 6.04 Å². The highest BCUT2D eigenvalue weighted by molar-refractivity contribution is 9.10. The summed E-state index contributed by atoms with van der Waals surface area (Å²) in [7, 11) is 0. The molecule has 0 atom stereocenters. The summed E-state index contributed by atoms with van der Waals surface area (Å²) in [5, 5.41) is 4.15. The van der Waals surface area contributed by atoms with Gasteiger partial charge in [0, 0.05) is 16.0 Å².